The molecule has 44 heavy (non-hydrogen) atoms. The standard InChI is InChI=1S/C37H72N2O5/c1-6-8-10-15-24-34(25-16-11-9-7-2)26-23-33-43-35(41)27-17-14-20-30-39(29-19-12-13-22-32-40)31-21-18-28-38-36(42)44-37(3,4)5/h32,34H,6-31,33H2,1-5H3,(H,38,42). The Hall–Kier alpha value is -1.63. The Kier molecular flexibility index (Phi) is 28.9. The highest BCUT2D eigenvalue weighted by atomic mass is 16.6. The quantitative estimate of drug-likeness (QED) is 0.0469. The van der Waals surface area contributed by atoms with E-state index < -0.39 is 5.60 Å². The van der Waals surface area contributed by atoms with Crippen LogP contribution in [0.4, 0.5) is 4.79 Å². The number of hydrogen-bond donors (Lipinski definition) is 1. The third-order valence-corrected chi connectivity index (χ3v) is 8.17. The van der Waals surface area contributed by atoms with Gasteiger partial charge in [-0.3, -0.25) is 4.79 Å². The van der Waals surface area contributed by atoms with Gasteiger partial charge in [0.05, 0.1) is 6.61 Å². The van der Waals surface area contributed by atoms with E-state index in [1.165, 1.54) is 70.6 Å². The molecule has 1 amide bonds. The molecule has 0 radical (unpaired) electrons. The minimum absolute atomic E-state index is 0.0445. The van der Waals surface area contributed by atoms with Gasteiger partial charge in [-0.1, -0.05) is 90.9 Å². The molecule has 0 aliphatic rings. The van der Waals surface area contributed by atoms with Gasteiger partial charge in [0.1, 0.15) is 11.9 Å². The minimum Gasteiger partial charge on any atom is -0.466 e. The molecule has 0 aromatic heterocycles. The summed E-state index contributed by atoms with van der Waals surface area (Å²) in [7, 11) is 0. The van der Waals surface area contributed by atoms with E-state index in [9.17, 15) is 14.4 Å². The van der Waals surface area contributed by atoms with Crippen molar-refractivity contribution in [3.63, 3.8) is 0 Å². The number of ether oxygens (including phenoxy) is 2. The number of amides is 1. The highest BCUT2D eigenvalue weighted by molar-refractivity contribution is 5.69. The second-order valence-electron chi connectivity index (χ2n) is 13.7. The van der Waals surface area contributed by atoms with E-state index in [-0.39, 0.29) is 12.1 Å². The predicted molar refractivity (Wildman–Crippen MR) is 184 cm³/mol. The fourth-order valence-corrected chi connectivity index (χ4v) is 5.60. The third kappa shape index (κ3) is 30.4. The number of hydrogen-bond acceptors (Lipinski definition) is 6. The first-order valence-electron chi connectivity index (χ1n) is 18.5. The summed E-state index contributed by atoms with van der Waals surface area (Å²) in [5.74, 6) is 0.744. The number of esters is 1. The van der Waals surface area contributed by atoms with Crippen LogP contribution >= 0.6 is 0 Å². The summed E-state index contributed by atoms with van der Waals surface area (Å²) in [6, 6.07) is 0. The molecule has 0 fully saturated rings. The molecule has 260 valence electrons. The highest BCUT2D eigenvalue weighted by Gasteiger charge is 2.15. The van der Waals surface area contributed by atoms with E-state index in [0.29, 0.717) is 26.0 Å². The van der Waals surface area contributed by atoms with E-state index in [4.69, 9.17) is 9.47 Å². The second-order valence-corrected chi connectivity index (χ2v) is 13.7. The van der Waals surface area contributed by atoms with E-state index in [0.717, 1.165) is 89.6 Å². The number of unbranched alkanes of at least 4 members (excludes halogenated alkanes) is 12. The van der Waals surface area contributed by atoms with E-state index in [1.54, 1.807) is 0 Å². The van der Waals surface area contributed by atoms with Gasteiger partial charge in [-0.15, -0.1) is 0 Å². The Balaban J connectivity index is 4.21. The molecule has 0 saturated carbocycles. The van der Waals surface area contributed by atoms with Gasteiger partial charge in [0.15, 0.2) is 0 Å². The molecule has 0 aromatic rings. The minimum atomic E-state index is -0.481. The lowest BCUT2D eigenvalue weighted by Crippen LogP contribution is -2.33. The largest absolute Gasteiger partial charge is 0.466 e. The van der Waals surface area contributed by atoms with Crippen molar-refractivity contribution in [3.8, 4) is 0 Å². The molecule has 0 saturated heterocycles. The van der Waals surface area contributed by atoms with Crippen LogP contribution in [0.15, 0.2) is 0 Å². The molecular weight excluding hydrogens is 552 g/mol. The van der Waals surface area contributed by atoms with Crippen molar-refractivity contribution < 1.29 is 23.9 Å². The first-order valence-corrected chi connectivity index (χ1v) is 18.5. The fraction of sp³-hybridized carbons (Fsp3) is 0.919. The second kappa shape index (κ2) is 30.0. The van der Waals surface area contributed by atoms with E-state index >= 15 is 0 Å². The van der Waals surface area contributed by atoms with Gasteiger partial charge in [0.2, 0.25) is 0 Å². The molecular formula is C37H72N2O5. The van der Waals surface area contributed by atoms with Crippen LogP contribution in [0.2, 0.25) is 0 Å². The van der Waals surface area contributed by atoms with Gasteiger partial charge < -0.3 is 24.5 Å². The van der Waals surface area contributed by atoms with Crippen LogP contribution < -0.4 is 5.32 Å². The number of alkyl carbamates (subject to hydrolysis) is 1. The Morgan fingerprint density at radius 3 is 1.82 bits per heavy atom. The molecule has 0 bridgehead atoms. The molecule has 0 rings (SSSR count). The summed E-state index contributed by atoms with van der Waals surface area (Å²) in [4.78, 5) is 37.3. The van der Waals surface area contributed by atoms with Crippen LogP contribution in [-0.4, -0.2) is 61.6 Å². The maximum absolute atomic E-state index is 12.3. The molecule has 0 unspecified atom stereocenters. The van der Waals surface area contributed by atoms with Crippen LogP contribution in [0.5, 0.6) is 0 Å². The summed E-state index contributed by atoms with van der Waals surface area (Å²) < 4.78 is 10.9. The Bertz CT molecular complexity index is 667. The number of rotatable bonds is 31. The van der Waals surface area contributed by atoms with E-state index in [1.807, 2.05) is 20.8 Å². The highest BCUT2D eigenvalue weighted by Crippen LogP contribution is 2.23. The van der Waals surface area contributed by atoms with Crippen LogP contribution in [0.25, 0.3) is 0 Å². The summed E-state index contributed by atoms with van der Waals surface area (Å²) >= 11 is 0. The average molecular weight is 625 g/mol. The van der Waals surface area contributed by atoms with E-state index in [2.05, 4.69) is 24.1 Å². The molecule has 0 atom stereocenters. The number of nitrogens with zero attached hydrogens (tertiary/aromatic N) is 1. The van der Waals surface area contributed by atoms with Crippen molar-refractivity contribution >= 4 is 18.3 Å². The topological polar surface area (TPSA) is 84.9 Å². The molecule has 0 aromatic carbocycles. The van der Waals surface area contributed by atoms with Gasteiger partial charge in [-0.25, -0.2) is 4.79 Å². The monoisotopic (exact) mass is 625 g/mol. The summed E-state index contributed by atoms with van der Waals surface area (Å²) in [5, 5.41) is 2.84. The molecule has 0 heterocycles. The predicted octanol–water partition coefficient (Wildman–Crippen LogP) is 9.79. The van der Waals surface area contributed by atoms with Crippen molar-refractivity contribution in [1.82, 2.24) is 10.2 Å². The zero-order valence-corrected chi connectivity index (χ0v) is 29.7. The molecule has 0 aliphatic carbocycles. The van der Waals surface area contributed by atoms with Crippen LogP contribution in [0.3, 0.4) is 0 Å². The summed E-state index contributed by atoms with van der Waals surface area (Å²) in [6.45, 7) is 14.4. The lowest BCUT2D eigenvalue weighted by atomic mass is 9.91. The molecule has 0 spiro atoms. The first-order chi connectivity index (χ1) is 21.2. The number of aldehydes is 1. The number of nitrogens with one attached hydrogen (secondary N) is 1. The third-order valence-electron chi connectivity index (χ3n) is 8.17. The zero-order chi connectivity index (χ0) is 32.7. The van der Waals surface area contributed by atoms with Crippen molar-refractivity contribution in [3.05, 3.63) is 0 Å². The lowest BCUT2D eigenvalue weighted by Gasteiger charge is -2.22. The average Bonchev–Trinajstić information content (AvgIpc) is 2.97. The van der Waals surface area contributed by atoms with Crippen LogP contribution in [0, 0.1) is 5.92 Å². The van der Waals surface area contributed by atoms with Gasteiger partial charge >= 0.3 is 12.1 Å². The van der Waals surface area contributed by atoms with Gasteiger partial charge in [-0.05, 0) is 97.7 Å². The fourth-order valence-electron chi connectivity index (χ4n) is 5.60. The smallest absolute Gasteiger partial charge is 0.407 e. The van der Waals surface area contributed by atoms with Crippen molar-refractivity contribution in [2.24, 2.45) is 5.92 Å². The molecule has 0 aliphatic heterocycles. The SMILES string of the molecule is CCCCCCC(CCCCCC)CCCOC(=O)CCCCCN(CCCCCC=O)CCCCNC(=O)OC(C)(C)C. The van der Waals surface area contributed by atoms with Crippen molar-refractivity contribution in [1.29, 1.82) is 0 Å². The Morgan fingerprint density at radius 2 is 1.25 bits per heavy atom. The summed E-state index contributed by atoms with van der Waals surface area (Å²) in [5.41, 5.74) is -0.481. The molecule has 1 N–H and O–H groups in total. The Labute approximate surface area is 272 Å². The van der Waals surface area contributed by atoms with Gasteiger partial charge in [0, 0.05) is 19.4 Å². The lowest BCUT2D eigenvalue weighted by molar-refractivity contribution is -0.144. The van der Waals surface area contributed by atoms with Crippen LogP contribution in [0.1, 0.15) is 176 Å². The maximum atomic E-state index is 12.3. The maximum Gasteiger partial charge on any atom is 0.407 e. The number of carbonyl (C=O) groups is 3. The molecule has 7 heteroatoms. The van der Waals surface area contributed by atoms with Gasteiger partial charge in [-0.2, -0.15) is 0 Å². The van der Waals surface area contributed by atoms with Crippen molar-refractivity contribution in [2.45, 2.75) is 181 Å². The summed E-state index contributed by atoms with van der Waals surface area (Å²) in [6.07, 6.45) is 25.3. The van der Waals surface area contributed by atoms with Crippen molar-refractivity contribution in [2.75, 3.05) is 32.8 Å². The number of carbonyl (C=O) groups excluding carboxylic acids is 3. The molecule has 7 nitrogen and oxygen atoms in total. The normalized spacial score (nSPS) is 11.7. The first kappa shape index (κ1) is 42.4. The van der Waals surface area contributed by atoms with Crippen LogP contribution in [-0.2, 0) is 19.1 Å². The Morgan fingerprint density at radius 1 is 0.705 bits per heavy atom. The zero-order valence-electron chi connectivity index (χ0n) is 29.7. The van der Waals surface area contributed by atoms with Gasteiger partial charge in [0.25, 0.3) is 0 Å².